The fraction of sp³-hybridized carbons (Fsp3) is 0.429. The van der Waals surface area contributed by atoms with E-state index in [-0.39, 0.29) is 18.1 Å². The molecular weight excluding hydrogens is 377 g/mol. The summed E-state index contributed by atoms with van der Waals surface area (Å²) >= 11 is 0. The quantitative estimate of drug-likeness (QED) is 0.819. The first-order valence-corrected chi connectivity index (χ1v) is 9.83. The Bertz CT molecular complexity index is 1060. The molecule has 154 valence electrons. The molecule has 29 heavy (non-hydrogen) atoms. The van der Waals surface area contributed by atoms with Gasteiger partial charge in [-0.05, 0) is 30.5 Å². The van der Waals surface area contributed by atoms with Gasteiger partial charge in [0.05, 0.1) is 17.8 Å². The summed E-state index contributed by atoms with van der Waals surface area (Å²) in [4.78, 5) is 27.8. The van der Waals surface area contributed by atoms with Crippen LogP contribution in [0.5, 0.6) is 5.75 Å². The molecule has 7 nitrogen and oxygen atoms in total. The highest BCUT2D eigenvalue weighted by atomic mass is 19.1. The molecule has 0 radical (unpaired) electrons. The molecule has 1 aromatic heterocycles. The summed E-state index contributed by atoms with van der Waals surface area (Å²) in [5.74, 6) is -0.859. The van der Waals surface area contributed by atoms with Gasteiger partial charge in [-0.25, -0.2) is 9.18 Å². The van der Waals surface area contributed by atoms with Crippen molar-refractivity contribution in [3.05, 3.63) is 68.8 Å². The molecule has 1 saturated carbocycles. The molecule has 8 heteroatoms. The maximum atomic E-state index is 13.1. The topological polar surface area (TPSA) is 87.7 Å². The highest BCUT2D eigenvalue weighted by molar-refractivity contribution is 5.64. The van der Waals surface area contributed by atoms with Crippen LogP contribution in [0.4, 0.5) is 4.39 Å². The molecule has 0 spiro atoms. The maximum absolute atomic E-state index is 13.1. The predicted octanol–water partition coefficient (Wildman–Crippen LogP) is 1.82. The minimum Gasteiger partial charge on any atom is -0.502 e. The Morgan fingerprint density at radius 3 is 2.48 bits per heavy atom. The predicted molar refractivity (Wildman–Crippen MR) is 106 cm³/mol. The van der Waals surface area contributed by atoms with E-state index in [0.717, 1.165) is 23.0 Å². The highest BCUT2D eigenvalue weighted by Crippen LogP contribution is 2.31. The van der Waals surface area contributed by atoms with E-state index in [0.29, 0.717) is 31.6 Å². The summed E-state index contributed by atoms with van der Waals surface area (Å²) in [6, 6.07) is 5.43. The van der Waals surface area contributed by atoms with Gasteiger partial charge in [-0.3, -0.25) is 13.9 Å². The number of aromatic hydroxyl groups is 1. The molecule has 1 aromatic carbocycles. The molecule has 2 aliphatic rings. The van der Waals surface area contributed by atoms with Gasteiger partial charge < -0.3 is 15.1 Å². The number of nitrogens with zero attached hydrogens (tertiary/aromatic N) is 3. The van der Waals surface area contributed by atoms with Crippen LogP contribution < -0.4 is 11.2 Å². The average Bonchev–Trinajstić information content (AvgIpc) is 2.71. The molecule has 2 atom stereocenters. The van der Waals surface area contributed by atoms with Gasteiger partial charge in [-0.15, -0.1) is 0 Å². The Labute approximate surface area is 166 Å². The third-order valence-electron chi connectivity index (χ3n) is 5.91. The lowest BCUT2D eigenvalue weighted by atomic mass is 9.92. The van der Waals surface area contributed by atoms with Crippen LogP contribution in [-0.4, -0.2) is 36.9 Å². The van der Waals surface area contributed by atoms with Crippen LogP contribution in [0.2, 0.25) is 0 Å². The number of fused-ring (bicyclic) bond motifs is 1. The Kier molecular flexibility index (Phi) is 5.04. The molecule has 1 fully saturated rings. The monoisotopic (exact) mass is 401 g/mol. The smallest absolute Gasteiger partial charge is 0.332 e. The van der Waals surface area contributed by atoms with E-state index in [9.17, 15) is 24.2 Å². The third-order valence-corrected chi connectivity index (χ3v) is 5.91. The average molecular weight is 401 g/mol. The zero-order valence-electron chi connectivity index (χ0n) is 16.1. The van der Waals surface area contributed by atoms with E-state index >= 15 is 0 Å². The lowest BCUT2D eigenvalue weighted by Gasteiger charge is -2.35. The second-order valence-corrected chi connectivity index (χ2v) is 7.72. The van der Waals surface area contributed by atoms with Crippen LogP contribution in [-0.2, 0) is 13.1 Å². The van der Waals surface area contributed by atoms with E-state index in [1.165, 1.54) is 16.7 Å². The summed E-state index contributed by atoms with van der Waals surface area (Å²) < 4.78 is 15.5. The highest BCUT2D eigenvalue weighted by Gasteiger charge is 2.33. The van der Waals surface area contributed by atoms with E-state index in [1.54, 1.807) is 12.1 Å². The SMILES string of the molecule is C=C1c2c(O)c(=O)n([C@@H]3CCCC[C@H]3O)c(=O)n2CCN1Cc1ccc(F)cc1. The Morgan fingerprint density at radius 1 is 1.10 bits per heavy atom. The van der Waals surface area contributed by atoms with Gasteiger partial charge in [0.2, 0.25) is 5.75 Å². The molecule has 0 bridgehead atoms. The van der Waals surface area contributed by atoms with Crippen molar-refractivity contribution in [1.82, 2.24) is 14.0 Å². The van der Waals surface area contributed by atoms with Crippen LogP contribution in [0.3, 0.4) is 0 Å². The number of hydrogen-bond acceptors (Lipinski definition) is 5. The van der Waals surface area contributed by atoms with Gasteiger partial charge in [-0.1, -0.05) is 31.6 Å². The number of benzene rings is 1. The maximum Gasteiger partial charge on any atom is 0.332 e. The largest absolute Gasteiger partial charge is 0.502 e. The van der Waals surface area contributed by atoms with Crippen LogP contribution in [0.15, 0.2) is 40.4 Å². The molecule has 1 aliphatic carbocycles. The molecule has 2 aromatic rings. The van der Waals surface area contributed by atoms with Gasteiger partial charge in [0.15, 0.2) is 0 Å². The van der Waals surface area contributed by atoms with Crippen LogP contribution in [0, 0.1) is 5.82 Å². The molecule has 0 amide bonds. The zero-order valence-corrected chi connectivity index (χ0v) is 16.1. The molecule has 1 aliphatic heterocycles. The lowest BCUT2D eigenvalue weighted by molar-refractivity contribution is 0.0698. The molecule has 0 saturated heterocycles. The fourth-order valence-electron chi connectivity index (χ4n) is 4.33. The normalized spacial score (nSPS) is 21.9. The van der Waals surface area contributed by atoms with Crippen LogP contribution in [0.1, 0.15) is 43.0 Å². The van der Waals surface area contributed by atoms with Crippen LogP contribution in [0.25, 0.3) is 5.70 Å². The summed E-state index contributed by atoms with van der Waals surface area (Å²) in [5.41, 5.74) is -0.00616. The molecular formula is C21H24FN3O4. The Balaban J connectivity index is 1.71. The van der Waals surface area contributed by atoms with Crippen molar-refractivity contribution in [2.45, 2.75) is 50.9 Å². The van der Waals surface area contributed by atoms with Crippen molar-refractivity contribution >= 4 is 5.70 Å². The number of aliphatic hydroxyl groups is 1. The van der Waals surface area contributed by atoms with Gasteiger partial charge >= 0.3 is 5.69 Å². The number of rotatable bonds is 3. The van der Waals surface area contributed by atoms with Crippen molar-refractivity contribution in [2.24, 2.45) is 0 Å². The number of halogens is 1. The molecule has 4 rings (SSSR count). The Morgan fingerprint density at radius 2 is 1.79 bits per heavy atom. The first kappa shape index (κ1) is 19.4. The number of aliphatic hydroxyl groups excluding tert-OH is 1. The molecule has 0 unspecified atom stereocenters. The summed E-state index contributed by atoms with van der Waals surface area (Å²) in [6.07, 6.45) is 1.92. The van der Waals surface area contributed by atoms with Gasteiger partial charge in [0.25, 0.3) is 5.56 Å². The first-order valence-electron chi connectivity index (χ1n) is 9.83. The van der Waals surface area contributed by atoms with E-state index in [1.807, 2.05) is 4.90 Å². The third kappa shape index (κ3) is 3.37. The molecule has 2 heterocycles. The van der Waals surface area contributed by atoms with E-state index in [2.05, 4.69) is 6.58 Å². The zero-order chi connectivity index (χ0) is 20.7. The first-order chi connectivity index (χ1) is 13.9. The van der Waals surface area contributed by atoms with Gasteiger partial charge in [0.1, 0.15) is 11.5 Å². The molecule has 2 N–H and O–H groups in total. The second kappa shape index (κ2) is 7.51. The fourth-order valence-corrected chi connectivity index (χ4v) is 4.33. The van der Waals surface area contributed by atoms with Crippen molar-refractivity contribution in [3.63, 3.8) is 0 Å². The number of aromatic nitrogens is 2. The Hall–Kier alpha value is -2.87. The lowest BCUT2D eigenvalue weighted by Crippen LogP contribution is -2.49. The van der Waals surface area contributed by atoms with Crippen molar-refractivity contribution in [3.8, 4) is 5.75 Å². The second-order valence-electron chi connectivity index (χ2n) is 7.72. The minimum absolute atomic E-state index is 0.106. The number of hydrogen-bond donors (Lipinski definition) is 2. The van der Waals surface area contributed by atoms with E-state index < -0.39 is 29.1 Å². The van der Waals surface area contributed by atoms with Crippen molar-refractivity contribution in [2.75, 3.05) is 6.54 Å². The van der Waals surface area contributed by atoms with Gasteiger partial charge in [-0.2, -0.15) is 0 Å². The minimum atomic E-state index is -0.794. The standard InChI is InChI=1S/C21H24FN3O4/c1-13-18-19(27)20(28)25(16-4-2-3-5-17(16)26)21(29)24(18)11-10-23(13)12-14-6-8-15(22)9-7-14/h6-9,16-17,26-27H,1-5,10-12H2/t16-,17-/m1/s1. The summed E-state index contributed by atoms with van der Waals surface area (Å²) in [6.45, 7) is 5.12. The summed E-state index contributed by atoms with van der Waals surface area (Å²) in [5, 5.41) is 20.9. The van der Waals surface area contributed by atoms with Crippen molar-refractivity contribution < 1.29 is 14.6 Å². The van der Waals surface area contributed by atoms with E-state index in [4.69, 9.17) is 0 Å². The van der Waals surface area contributed by atoms with Crippen molar-refractivity contribution in [1.29, 1.82) is 0 Å². The van der Waals surface area contributed by atoms with Gasteiger partial charge in [0, 0.05) is 19.6 Å². The summed E-state index contributed by atoms with van der Waals surface area (Å²) in [7, 11) is 0. The van der Waals surface area contributed by atoms with Crippen LogP contribution >= 0.6 is 0 Å².